The lowest BCUT2D eigenvalue weighted by Crippen LogP contribution is -2.20. The van der Waals surface area contributed by atoms with Gasteiger partial charge in [0.05, 0.1) is 12.7 Å². The van der Waals surface area contributed by atoms with Crippen LogP contribution in [0.2, 0.25) is 0 Å². The second-order valence-electron chi connectivity index (χ2n) is 2.14. The average Bonchev–Trinajstić information content (AvgIpc) is 1.84. The van der Waals surface area contributed by atoms with Crippen molar-refractivity contribution in [3.8, 4) is 0 Å². The van der Waals surface area contributed by atoms with Gasteiger partial charge >= 0.3 is 0 Å². The molecule has 2 atom stereocenters. The Hall–Kier alpha value is -0.0800. The van der Waals surface area contributed by atoms with Gasteiger partial charge in [0.15, 0.2) is 0 Å². The molecule has 0 aliphatic rings. The first-order chi connectivity index (χ1) is 3.72. The van der Waals surface area contributed by atoms with Crippen molar-refractivity contribution in [1.29, 1.82) is 0 Å². The fourth-order valence-electron chi connectivity index (χ4n) is 0.452. The fraction of sp³-hybridized carbons (Fsp3) is 1.00. The lowest BCUT2D eigenvalue weighted by Gasteiger charge is -2.12. The van der Waals surface area contributed by atoms with Crippen LogP contribution in [0.1, 0.15) is 27.7 Å². The van der Waals surface area contributed by atoms with E-state index in [1.807, 2.05) is 13.8 Å². The third kappa shape index (κ3) is 4.43. The summed E-state index contributed by atoms with van der Waals surface area (Å²) in [6, 6.07) is 0. The summed E-state index contributed by atoms with van der Waals surface area (Å²) < 4.78 is 0. The van der Waals surface area contributed by atoms with Crippen LogP contribution in [-0.4, -0.2) is 22.9 Å². The summed E-state index contributed by atoms with van der Waals surface area (Å²) in [5, 5.41) is 17.3. The van der Waals surface area contributed by atoms with Crippen LogP contribution in [0.5, 0.6) is 0 Å². The van der Waals surface area contributed by atoms with Gasteiger partial charge in [-0.1, -0.05) is 27.7 Å². The van der Waals surface area contributed by atoms with Crippen molar-refractivity contribution >= 4 is 0 Å². The molecule has 2 unspecified atom stereocenters. The van der Waals surface area contributed by atoms with Gasteiger partial charge in [0.25, 0.3) is 0 Å². The van der Waals surface area contributed by atoms with Crippen molar-refractivity contribution < 1.29 is 10.2 Å². The third-order valence-corrected chi connectivity index (χ3v) is 1.49. The van der Waals surface area contributed by atoms with Crippen LogP contribution in [0.4, 0.5) is 0 Å². The van der Waals surface area contributed by atoms with E-state index in [0.717, 1.165) is 6.42 Å². The van der Waals surface area contributed by atoms with Crippen LogP contribution >= 0.6 is 0 Å². The molecule has 0 aromatic carbocycles. The molecule has 0 aliphatic heterocycles. The summed E-state index contributed by atoms with van der Waals surface area (Å²) in [7, 11) is 0. The van der Waals surface area contributed by atoms with E-state index in [4.69, 9.17) is 10.2 Å². The Bertz CT molecular complexity index is 46.9. The minimum atomic E-state index is -0.528. The minimum absolute atomic E-state index is 0. The molecule has 0 spiro atoms. The molecule has 0 rings (SSSR count). The standard InChI is InChI=1S/C6H14O2.CH4/c1-3-5(2)6(8)4-7;/h5-8H,3-4H2,1-2H3;1H4. The van der Waals surface area contributed by atoms with Gasteiger partial charge in [-0.2, -0.15) is 0 Å². The van der Waals surface area contributed by atoms with E-state index in [1.165, 1.54) is 0 Å². The summed E-state index contributed by atoms with van der Waals surface area (Å²) >= 11 is 0. The Morgan fingerprint density at radius 2 is 1.89 bits per heavy atom. The molecule has 0 bridgehead atoms. The highest BCUT2D eigenvalue weighted by atomic mass is 16.3. The lowest BCUT2D eigenvalue weighted by molar-refractivity contribution is 0.0521. The highest BCUT2D eigenvalue weighted by molar-refractivity contribution is 4.59. The highest BCUT2D eigenvalue weighted by Crippen LogP contribution is 2.05. The van der Waals surface area contributed by atoms with Crippen LogP contribution in [0.3, 0.4) is 0 Å². The Balaban J connectivity index is 0. The molecule has 0 aliphatic carbocycles. The maximum absolute atomic E-state index is 8.88. The molecule has 0 saturated heterocycles. The maximum atomic E-state index is 8.88. The van der Waals surface area contributed by atoms with Crippen molar-refractivity contribution in [2.75, 3.05) is 6.61 Å². The molecule has 0 aromatic rings. The van der Waals surface area contributed by atoms with E-state index in [9.17, 15) is 0 Å². The number of hydrogen-bond donors (Lipinski definition) is 2. The van der Waals surface area contributed by atoms with E-state index < -0.39 is 6.10 Å². The fourth-order valence-corrected chi connectivity index (χ4v) is 0.452. The molecule has 0 amide bonds. The third-order valence-electron chi connectivity index (χ3n) is 1.49. The van der Waals surface area contributed by atoms with Crippen LogP contribution in [0.15, 0.2) is 0 Å². The first-order valence-electron chi connectivity index (χ1n) is 3.01. The van der Waals surface area contributed by atoms with E-state index in [1.54, 1.807) is 0 Å². The van der Waals surface area contributed by atoms with Crippen LogP contribution in [0.25, 0.3) is 0 Å². The molecular formula is C7H18O2. The first kappa shape index (κ1) is 11.7. The maximum Gasteiger partial charge on any atom is 0.0796 e. The topological polar surface area (TPSA) is 40.5 Å². The number of hydrogen-bond acceptors (Lipinski definition) is 2. The molecule has 2 heteroatoms. The Kier molecular flexibility index (Phi) is 7.85. The van der Waals surface area contributed by atoms with E-state index in [0.29, 0.717) is 0 Å². The first-order valence-corrected chi connectivity index (χ1v) is 3.01. The summed E-state index contributed by atoms with van der Waals surface area (Å²) in [5.74, 6) is 0.222. The summed E-state index contributed by atoms with van der Waals surface area (Å²) in [6.45, 7) is 3.79. The molecule has 0 aromatic heterocycles. The second kappa shape index (κ2) is 6.05. The predicted octanol–water partition coefficient (Wildman–Crippen LogP) is 1.02. The van der Waals surface area contributed by atoms with Crippen molar-refractivity contribution in [2.24, 2.45) is 5.92 Å². The molecule has 58 valence electrons. The quantitative estimate of drug-likeness (QED) is 0.605. The predicted molar refractivity (Wildman–Crippen MR) is 39.3 cm³/mol. The van der Waals surface area contributed by atoms with Gasteiger partial charge in [0, 0.05) is 0 Å². The molecule has 2 N–H and O–H groups in total. The number of aliphatic hydroxyl groups excluding tert-OH is 2. The lowest BCUT2D eigenvalue weighted by atomic mass is 10.0. The van der Waals surface area contributed by atoms with Gasteiger partial charge in [-0.3, -0.25) is 0 Å². The van der Waals surface area contributed by atoms with E-state index in [2.05, 4.69) is 0 Å². The van der Waals surface area contributed by atoms with Gasteiger partial charge in [0.2, 0.25) is 0 Å². The zero-order valence-corrected chi connectivity index (χ0v) is 5.46. The van der Waals surface area contributed by atoms with E-state index >= 15 is 0 Å². The molecule has 0 fully saturated rings. The van der Waals surface area contributed by atoms with Crippen LogP contribution in [0, 0.1) is 5.92 Å². The normalized spacial score (nSPS) is 16.0. The SMILES string of the molecule is C.CCC(C)C(O)CO. The van der Waals surface area contributed by atoms with Crippen molar-refractivity contribution in [1.82, 2.24) is 0 Å². The van der Waals surface area contributed by atoms with Crippen molar-refractivity contribution in [3.05, 3.63) is 0 Å². The van der Waals surface area contributed by atoms with E-state index in [-0.39, 0.29) is 20.0 Å². The molecule has 9 heavy (non-hydrogen) atoms. The molecule has 0 heterocycles. The number of aliphatic hydroxyl groups is 2. The molecule has 2 nitrogen and oxygen atoms in total. The van der Waals surface area contributed by atoms with Gasteiger partial charge in [0.1, 0.15) is 0 Å². The summed E-state index contributed by atoms with van der Waals surface area (Å²) in [5.41, 5.74) is 0. The summed E-state index contributed by atoms with van der Waals surface area (Å²) in [6.07, 6.45) is 0.391. The monoisotopic (exact) mass is 134 g/mol. The Morgan fingerprint density at radius 1 is 1.44 bits per heavy atom. The van der Waals surface area contributed by atoms with Crippen LogP contribution < -0.4 is 0 Å². The largest absolute Gasteiger partial charge is 0.394 e. The zero-order valence-electron chi connectivity index (χ0n) is 5.46. The van der Waals surface area contributed by atoms with Crippen LogP contribution in [-0.2, 0) is 0 Å². The average molecular weight is 134 g/mol. The molecule has 0 saturated carbocycles. The summed E-state index contributed by atoms with van der Waals surface area (Å²) in [4.78, 5) is 0. The molecular weight excluding hydrogens is 116 g/mol. The zero-order chi connectivity index (χ0) is 6.57. The van der Waals surface area contributed by atoms with Gasteiger partial charge in [-0.25, -0.2) is 0 Å². The van der Waals surface area contributed by atoms with Gasteiger partial charge in [-0.05, 0) is 5.92 Å². The van der Waals surface area contributed by atoms with Crippen molar-refractivity contribution in [3.63, 3.8) is 0 Å². The highest BCUT2D eigenvalue weighted by Gasteiger charge is 2.08. The van der Waals surface area contributed by atoms with Crippen molar-refractivity contribution in [2.45, 2.75) is 33.8 Å². The molecule has 0 radical (unpaired) electrons. The smallest absolute Gasteiger partial charge is 0.0796 e. The van der Waals surface area contributed by atoms with Gasteiger partial charge in [-0.15, -0.1) is 0 Å². The van der Waals surface area contributed by atoms with Gasteiger partial charge < -0.3 is 10.2 Å². The number of rotatable bonds is 3. The Morgan fingerprint density at radius 3 is 2.00 bits per heavy atom. The second-order valence-corrected chi connectivity index (χ2v) is 2.14. The minimum Gasteiger partial charge on any atom is -0.394 e. The Labute approximate surface area is 57.5 Å².